The van der Waals surface area contributed by atoms with Crippen LogP contribution in [0, 0.1) is 0 Å². The molecule has 27 heavy (non-hydrogen) atoms. The van der Waals surface area contributed by atoms with E-state index in [0.717, 1.165) is 16.7 Å². The van der Waals surface area contributed by atoms with E-state index in [2.05, 4.69) is 0 Å². The zero-order valence-corrected chi connectivity index (χ0v) is 15.8. The molecule has 3 nitrogen and oxygen atoms in total. The van der Waals surface area contributed by atoms with Gasteiger partial charge in [0, 0.05) is 26.6 Å². The van der Waals surface area contributed by atoms with E-state index in [-0.39, 0.29) is 5.78 Å². The van der Waals surface area contributed by atoms with Gasteiger partial charge >= 0.3 is 0 Å². The van der Waals surface area contributed by atoms with Crippen molar-refractivity contribution >= 4 is 40.0 Å². The Bertz CT molecular complexity index is 1120. The standard InChI is InChI=1S/C22H14Cl2O3/c1-26-17-8-6-13(7-9-17)22-20(18-4-2-3-5-19(18)27-22)21(25)14-10-15(23)12-16(24)11-14/h2-12H,1H3. The van der Waals surface area contributed by atoms with Crippen LogP contribution >= 0.6 is 23.2 Å². The van der Waals surface area contributed by atoms with Crippen LogP contribution in [0.2, 0.25) is 10.0 Å². The van der Waals surface area contributed by atoms with Gasteiger partial charge < -0.3 is 9.15 Å². The van der Waals surface area contributed by atoms with Gasteiger partial charge in [-0.3, -0.25) is 4.79 Å². The topological polar surface area (TPSA) is 39.4 Å². The second kappa shape index (κ2) is 7.10. The number of fused-ring (bicyclic) bond motifs is 1. The van der Waals surface area contributed by atoms with Crippen LogP contribution in [0.1, 0.15) is 15.9 Å². The van der Waals surface area contributed by atoms with Gasteiger partial charge in [-0.2, -0.15) is 0 Å². The summed E-state index contributed by atoms with van der Waals surface area (Å²) >= 11 is 12.2. The third kappa shape index (κ3) is 3.32. The Morgan fingerprint density at radius 3 is 2.26 bits per heavy atom. The maximum Gasteiger partial charge on any atom is 0.197 e. The lowest BCUT2D eigenvalue weighted by Gasteiger charge is -2.06. The molecule has 0 saturated heterocycles. The molecule has 0 aliphatic rings. The SMILES string of the molecule is COc1ccc(-c2oc3ccccc3c2C(=O)c2cc(Cl)cc(Cl)c2)cc1. The highest BCUT2D eigenvalue weighted by Crippen LogP contribution is 2.36. The first-order valence-electron chi connectivity index (χ1n) is 8.23. The number of benzene rings is 3. The lowest BCUT2D eigenvalue weighted by molar-refractivity contribution is 0.104. The lowest BCUT2D eigenvalue weighted by Crippen LogP contribution is -2.02. The molecular weight excluding hydrogens is 383 g/mol. The van der Waals surface area contributed by atoms with Crippen LogP contribution in [0.4, 0.5) is 0 Å². The van der Waals surface area contributed by atoms with E-state index in [0.29, 0.717) is 32.5 Å². The molecule has 0 unspecified atom stereocenters. The predicted molar refractivity (Wildman–Crippen MR) is 108 cm³/mol. The predicted octanol–water partition coefficient (Wildman–Crippen LogP) is 6.65. The lowest BCUT2D eigenvalue weighted by atomic mass is 9.97. The normalized spacial score (nSPS) is 10.9. The van der Waals surface area contributed by atoms with Crippen molar-refractivity contribution in [1.29, 1.82) is 0 Å². The Morgan fingerprint density at radius 1 is 0.926 bits per heavy atom. The Labute approximate surface area is 166 Å². The minimum Gasteiger partial charge on any atom is -0.497 e. The Balaban J connectivity index is 1.93. The smallest absolute Gasteiger partial charge is 0.197 e. The van der Waals surface area contributed by atoms with Crippen molar-refractivity contribution in [2.24, 2.45) is 0 Å². The van der Waals surface area contributed by atoms with Gasteiger partial charge in [0.15, 0.2) is 5.78 Å². The van der Waals surface area contributed by atoms with E-state index in [9.17, 15) is 4.79 Å². The van der Waals surface area contributed by atoms with Crippen LogP contribution in [-0.4, -0.2) is 12.9 Å². The van der Waals surface area contributed by atoms with E-state index < -0.39 is 0 Å². The number of carbonyl (C=O) groups excluding carboxylic acids is 1. The summed E-state index contributed by atoms with van der Waals surface area (Å²) in [4.78, 5) is 13.3. The Hall–Kier alpha value is -2.75. The highest BCUT2D eigenvalue weighted by atomic mass is 35.5. The average Bonchev–Trinajstić information content (AvgIpc) is 3.06. The number of ketones is 1. The molecule has 1 heterocycles. The number of hydrogen-bond acceptors (Lipinski definition) is 3. The highest BCUT2D eigenvalue weighted by molar-refractivity contribution is 6.35. The van der Waals surface area contributed by atoms with Crippen molar-refractivity contribution in [2.75, 3.05) is 7.11 Å². The molecule has 0 fully saturated rings. The fraction of sp³-hybridized carbons (Fsp3) is 0.0455. The molecule has 5 heteroatoms. The van der Waals surface area contributed by atoms with Crippen molar-refractivity contribution in [1.82, 2.24) is 0 Å². The number of hydrogen-bond donors (Lipinski definition) is 0. The zero-order chi connectivity index (χ0) is 19.0. The van der Waals surface area contributed by atoms with Gasteiger partial charge in [0.2, 0.25) is 0 Å². The van der Waals surface area contributed by atoms with Crippen LogP contribution in [0.3, 0.4) is 0 Å². The minimum atomic E-state index is -0.199. The van der Waals surface area contributed by atoms with Gasteiger partial charge in [0.05, 0.1) is 12.7 Å². The molecule has 0 amide bonds. The Kier molecular flexibility index (Phi) is 4.65. The number of ether oxygens (including phenoxy) is 1. The van der Waals surface area contributed by atoms with E-state index in [1.165, 1.54) is 0 Å². The van der Waals surface area contributed by atoms with Gasteiger partial charge in [0.1, 0.15) is 17.1 Å². The van der Waals surface area contributed by atoms with Crippen LogP contribution in [0.5, 0.6) is 5.75 Å². The molecule has 0 radical (unpaired) electrons. The zero-order valence-electron chi connectivity index (χ0n) is 14.3. The van der Waals surface area contributed by atoms with Crippen molar-refractivity contribution in [3.05, 3.63) is 87.9 Å². The van der Waals surface area contributed by atoms with Crippen molar-refractivity contribution in [2.45, 2.75) is 0 Å². The number of furan rings is 1. The third-order valence-electron chi connectivity index (χ3n) is 4.30. The van der Waals surface area contributed by atoms with Crippen molar-refractivity contribution < 1.29 is 13.9 Å². The van der Waals surface area contributed by atoms with Crippen LogP contribution in [0.25, 0.3) is 22.3 Å². The van der Waals surface area contributed by atoms with Crippen LogP contribution < -0.4 is 4.74 Å². The molecule has 0 aliphatic carbocycles. The number of carbonyl (C=O) groups is 1. The maximum absolute atomic E-state index is 13.3. The molecule has 0 spiro atoms. The van der Waals surface area contributed by atoms with Crippen molar-refractivity contribution in [3.63, 3.8) is 0 Å². The molecule has 0 N–H and O–H groups in total. The van der Waals surface area contributed by atoms with Gasteiger partial charge in [-0.25, -0.2) is 0 Å². The molecule has 0 bridgehead atoms. The second-order valence-electron chi connectivity index (χ2n) is 6.02. The first-order valence-corrected chi connectivity index (χ1v) is 8.99. The van der Waals surface area contributed by atoms with Gasteiger partial charge in [0.25, 0.3) is 0 Å². The van der Waals surface area contributed by atoms with E-state index >= 15 is 0 Å². The van der Waals surface area contributed by atoms with Gasteiger partial charge in [-0.05, 0) is 48.5 Å². The molecule has 3 aromatic carbocycles. The summed E-state index contributed by atoms with van der Waals surface area (Å²) in [6.45, 7) is 0. The van der Waals surface area contributed by atoms with Gasteiger partial charge in [-0.15, -0.1) is 0 Å². The number of halogens is 2. The van der Waals surface area contributed by atoms with Crippen LogP contribution in [0.15, 0.2) is 71.1 Å². The molecule has 0 atom stereocenters. The summed E-state index contributed by atoms with van der Waals surface area (Å²) < 4.78 is 11.2. The molecule has 1 aromatic heterocycles. The summed E-state index contributed by atoms with van der Waals surface area (Å²) in [6, 6.07) is 19.6. The third-order valence-corrected chi connectivity index (χ3v) is 4.74. The molecule has 134 valence electrons. The van der Waals surface area contributed by atoms with E-state index in [1.54, 1.807) is 25.3 Å². The summed E-state index contributed by atoms with van der Waals surface area (Å²) in [6.07, 6.45) is 0. The number of rotatable bonds is 4. The van der Waals surface area contributed by atoms with Gasteiger partial charge in [-0.1, -0.05) is 41.4 Å². The first-order chi connectivity index (χ1) is 13.1. The van der Waals surface area contributed by atoms with E-state index in [4.69, 9.17) is 32.4 Å². The minimum absolute atomic E-state index is 0.199. The average molecular weight is 397 g/mol. The fourth-order valence-electron chi connectivity index (χ4n) is 3.05. The molecule has 0 aliphatic heterocycles. The quantitative estimate of drug-likeness (QED) is 0.362. The molecule has 4 rings (SSSR count). The monoisotopic (exact) mass is 396 g/mol. The summed E-state index contributed by atoms with van der Waals surface area (Å²) in [5.41, 5.74) is 2.31. The molecule has 4 aromatic rings. The summed E-state index contributed by atoms with van der Waals surface area (Å²) in [5.74, 6) is 1.03. The summed E-state index contributed by atoms with van der Waals surface area (Å²) in [5, 5.41) is 1.55. The maximum atomic E-state index is 13.3. The van der Waals surface area contributed by atoms with Crippen LogP contribution in [-0.2, 0) is 0 Å². The fourth-order valence-corrected chi connectivity index (χ4v) is 3.57. The number of para-hydroxylation sites is 1. The van der Waals surface area contributed by atoms with Crippen molar-refractivity contribution in [3.8, 4) is 17.1 Å². The largest absolute Gasteiger partial charge is 0.497 e. The number of methoxy groups -OCH3 is 1. The Morgan fingerprint density at radius 2 is 1.59 bits per heavy atom. The van der Waals surface area contributed by atoms with E-state index in [1.807, 2.05) is 48.5 Å². The molecule has 0 saturated carbocycles. The first kappa shape index (κ1) is 17.7. The summed E-state index contributed by atoms with van der Waals surface area (Å²) in [7, 11) is 1.61. The molecular formula is C22H14Cl2O3. The second-order valence-corrected chi connectivity index (χ2v) is 6.89. The highest BCUT2D eigenvalue weighted by Gasteiger charge is 2.23.